The molecule has 0 saturated carbocycles. The largest absolute Gasteiger partial charge is 0.391 e. The number of hydrogen-bond donors (Lipinski definition) is 3. The van der Waals surface area contributed by atoms with Gasteiger partial charge in [0.2, 0.25) is 11.8 Å². The summed E-state index contributed by atoms with van der Waals surface area (Å²) in [6.45, 7) is 1.51. The van der Waals surface area contributed by atoms with E-state index in [9.17, 15) is 14.7 Å². The van der Waals surface area contributed by atoms with E-state index in [2.05, 4.69) is 47.0 Å². The topological polar surface area (TPSA) is 78.4 Å². The maximum absolute atomic E-state index is 13.5. The van der Waals surface area contributed by atoms with Crippen molar-refractivity contribution in [2.75, 3.05) is 0 Å². The third-order valence-corrected chi connectivity index (χ3v) is 11.3. The highest BCUT2D eigenvalue weighted by molar-refractivity contribution is 8.33. The third kappa shape index (κ3) is 6.88. The van der Waals surface area contributed by atoms with Crippen molar-refractivity contribution < 1.29 is 14.7 Å². The second-order valence-electron chi connectivity index (χ2n) is 8.59. The monoisotopic (exact) mass is 538 g/mol. The molecule has 2 amide bonds. The number of piperazine rings is 1. The summed E-state index contributed by atoms with van der Waals surface area (Å²) in [6, 6.07) is 28.7. The van der Waals surface area contributed by atoms with Crippen LogP contribution in [-0.2, 0) is 26.8 Å². The highest BCUT2D eigenvalue weighted by Gasteiger charge is 2.50. The summed E-state index contributed by atoms with van der Waals surface area (Å²) in [4.78, 5) is 26.4. The number of benzene rings is 3. The third-order valence-electron chi connectivity index (χ3n) is 5.81. The van der Waals surface area contributed by atoms with E-state index < -0.39 is 21.6 Å². The molecule has 1 heterocycles. The maximum Gasteiger partial charge on any atom is 0.246 e. The minimum Gasteiger partial charge on any atom is -0.391 e. The maximum atomic E-state index is 13.5. The Morgan fingerprint density at radius 2 is 1.08 bits per heavy atom. The summed E-state index contributed by atoms with van der Waals surface area (Å²) in [6.07, 6.45) is -0.977. The Bertz CT molecular complexity index is 1020. The Balaban J connectivity index is 1.67. The van der Waals surface area contributed by atoms with E-state index in [1.807, 2.05) is 54.6 Å². The zero-order chi connectivity index (χ0) is 25.4. The number of hydrogen-bond acceptors (Lipinski definition) is 6. The van der Waals surface area contributed by atoms with E-state index in [1.165, 1.54) is 6.92 Å². The summed E-state index contributed by atoms with van der Waals surface area (Å²) >= 11 is 5.01. The number of aliphatic hydroxyl groups is 1. The Kier molecular flexibility index (Phi) is 9.42. The molecule has 3 aromatic rings. The molecule has 0 aromatic heterocycles. The van der Waals surface area contributed by atoms with Crippen LogP contribution in [0.3, 0.4) is 0 Å². The average molecular weight is 539 g/mol. The number of thioether (sulfide) groups is 3. The normalized spacial score (nSPS) is 18.8. The van der Waals surface area contributed by atoms with Crippen molar-refractivity contribution in [3.8, 4) is 0 Å². The molecule has 188 valence electrons. The first-order chi connectivity index (χ1) is 17.5. The Morgan fingerprint density at radius 1 is 0.694 bits per heavy atom. The number of aliphatic hydroxyl groups excluding tert-OH is 1. The highest BCUT2D eigenvalue weighted by atomic mass is 32.3. The van der Waals surface area contributed by atoms with Crippen LogP contribution in [0.25, 0.3) is 0 Å². The standard InChI is InChI=1S/C28H30N2O3S3/c1-20(31)24-26(32)30-25(27(33)29-24)28(34-17-21-11-5-2-6-12-21,35-18-22-13-7-3-8-14-22)36-19-23-15-9-4-10-16-23/h2-16,20,24-25,31H,17-19H2,1H3,(H,29,33)(H,30,32). The van der Waals surface area contributed by atoms with E-state index in [0.29, 0.717) is 17.3 Å². The summed E-state index contributed by atoms with van der Waals surface area (Å²) in [5.41, 5.74) is 3.45. The lowest BCUT2D eigenvalue weighted by atomic mass is 10.1. The van der Waals surface area contributed by atoms with Gasteiger partial charge in [-0.25, -0.2) is 0 Å². The molecular weight excluding hydrogens is 509 g/mol. The SMILES string of the molecule is CC(O)C1NC(=O)C(C(SCc2ccccc2)(SCc2ccccc2)SCc2ccccc2)NC1=O. The van der Waals surface area contributed by atoms with Crippen LogP contribution in [0.2, 0.25) is 0 Å². The predicted octanol–water partition coefficient (Wildman–Crippen LogP) is 4.80. The van der Waals surface area contributed by atoms with Crippen LogP contribution < -0.4 is 10.6 Å². The molecule has 0 bridgehead atoms. The zero-order valence-corrected chi connectivity index (χ0v) is 22.5. The van der Waals surface area contributed by atoms with Crippen LogP contribution in [0, 0.1) is 0 Å². The van der Waals surface area contributed by atoms with Crippen molar-refractivity contribution in [1.82, 2.24) is 10.6 Å². The fourth-order valence-electron chi connectivity index (χ4n) is 3.84. The minimum atomic E-state index is -0.977. The average Bonchev–Trinajstić information content (AvgIpc) is 2.91. The number of carbonyl (C=O) groups is 2. The smallest absolute Gasteiger partial charge is 0.246 e. The van der Waals surface area contributed by atoms with Crippen molar-refractivity contribution >= 4 is 47.1 Å². The minimum absolute atomic E-state index is 0.276. The van der Waals surface area contributed by atoms with Gasteiger partial charge in [-0.05, 0) is 23.6 Å². The van der Waals surface area contributed by atoms with E-state index in [-0.39, 0.29) is 11.8 Å². The van der Waals surface area contributed by atoms with Crippen LogP contribution >= 0.6 is 35.3 Å². The van der Waals surface area contributed by atoms with Crippen LogP contribution in [0.5, 0.6) is 0 Å². The molecule has 1 saturated heterocycles. The molecule has 5 nitrogen and oxygen atoms in total. The Hall–Kier alpha value is -2.39. The van der Waals surface area contributed by atoms with Gasteiger partial charge in [-0.15, -0.1) is 35.3 Å². The van der Waals surface area contributed by atoms with Gasteiger partial charge in [-0.3, -0.25) is 9.59 Å². The molecule has 36 heavy (non-hydrogen) atoms. The van der Waals surface area contributed by atoms with Gasteiger partial charge in [-0.2, -0.15) is 0 Å². The lowest BCUT2D eigenvalue weighted by molar-refractivity contribution is -0.139. The van der Waals surface area contributed by atoms with Crippen molar-refractivity contribution in [3.63, 3.8) is 0 Å². The van der Waals surface area contributed by atoms with Gasteiger partial charge in [0.15, 0.2) is 0 Å². The van der Waals surface area contributed by atoms with Gasteiger partial charge >= 0.3 is 0 Å². The molecule has 0 spiro atoms. The zero-order valence-electron chi connectivity index (χ0n) is 20.0. The van der Waals surface area contributed by atoms with Gasteiger partial charge in [0, 0.05) is 17.3 Å². The van der Waals surface area contributed by atoms with E-state index in [0.717, 1.165) is 16.7 Å². The van der Waals surface area contributed by atoms with E-state index in [1.54, 1.807) is 35.3 Å². The summed E-state index contributed by atoms with van der Waals surface area (Å²) in [5, 5.41) is 15.8. The molecule has 0 radical (unpaired) electrons. The number of nitrogens with one attached hydrogen (secondary N) is 2. The lowest BCUT2D eigenvalue weighted by Gasteiger charge is -2.42. The molecule has 1 aliphatic heterocycles. The van der Waals surface area contributed by atoms with Gasteiger partial charge in [0.25, 0.3) is 0 Å². The van der Waals surface area contributed by atoms with Crippen molar-refractivity contribution in [1.29, 1.82) is 0 Å². The molecular formula is C28H30N2O3S3. The second kappa shape index (κ2) is 12.7. The van der Waals surface area contributed by atoms with Gasteiger partial charge in [-0.1, -0.05) is 91.0 Å². The predicted molar refractivity (Wildman–Crippen MR) is 151 cm³/mol. The fraction of sp³-hybridized carbons (Fsp3) is 0.286. The summed E-state index contributed by atoms with van der Waals surface area (Å²) in [5.74, 6) is 1.42. The van der Waals surface area contributed by atoms with Gasteiger partial charge in [0.1, 0.15) is 15.5 Å². The fourth-order valence-corrected chi connectivity index (χ4v) is 8.58. The van der Waals surface area contributed by atoms with Crippen molar-refractivity contribution in [2.45, 2.75) is 45.8 Å². The summed E-state index contributed by atoms with van der Waals surface area (Å²) < 4.78 is -0.717. The Morgan fingerprint density at radius 3 is 1.44 bits per heavy atom. The lowest BCUT2D eigenvalue weighted by Crippen LogP contribution is -2.68. The molecule has 8 heteroatoms. The van der Waals surface area contributed by atoms with Gasteiger partial charge in [0.05, 0.1) is 6.10 Å². The highest BCUT2D eigenvalue weighted by Crippen LogP contribution is 2.53. The van der Waals surface area contributed by atoms with Crippen molar-refractivity contribution in [3.05, 3.63) is 108 Å². The molecule has 3 atom stereocenters. The molecule has 3 N–H and O–H groups in total. The Labute approximate surface area is 225 Å². The van der Waals surface area contributed by atoms with Crippen LogP contribution in [0.1, 0.15) is 23.6 Å². The molecule has 1 aliphatic rings. The molecule has 0 aliphatic carbocycles. The van der Waals surface area contributed by atoms with Crippen LogP contribution in [0.4, 0.5) is 0 Å². The first-order valence-electron chi connectivity index (χ1n) is 11.8. The molecule has 4 rings (SSSR count). The first kappa shape index (κ1) is 26.7. The van der Waals surface area contributed by atoms with Crippen LogP contribution in [-0.4, -0.2) is 38.5 Å². The second-order valence-corrected chi connectivity index (χ2v) is 13.0. The summed E-state index contributed by atoms with van der Waals surface area (Å²) in [7, 11) is 0. The molecule has 3 unspecified atom stereocenters. The van der Waals surface area contributed by atoms with Gasteiger partial charge < -0.3 is 15.7 Å². The number of rotatable bonds is 11. The van der Waals surface area contributed by atoms with Crippen molar-refractivity contribution in [2.24, 2.45) is 0 Å². The molecule has 3 aromatic carbocycles. The quantitative estimate of drug-likeness (QED) is 0.304. The number of carbonyl (C=O) groups excluding carboxylic acids is 2. The first-order valence-corrected chi connectivity index (χ1v) is 14.7. The number of amides is 2. The van der Waals surface area contributed by atoms with E-state index >= 15 is 0 Å². The van der Waals surface area contributed by atoms with E-state index in [4.69, 9.17) is 0 Å². The van der Waals surface area contributed by atoms with Crippen LogP contribution in [0.15, 0.2) is 91.0 Å². The molecule has 1 fully saturated rings.